The van der Waals surface area contributed by atoms with Gasteiger partial charge in [0.2, 0.25) is 5.95 Å². The average molecular weight is 430 g/mol. The highest BCUT2D eigenvalue weighted by Gasteiger charge is 2.50. The molecule has 1 saturated heterocycles. The second-order valence-corrected chi connectivity index (χ2v) is 8.62. The maximum absolute atomic E-state index is 12.9. The molecule has 5 rings (SSSR count). The number of aliphatic hydroxyl groups excluding tert-OH is 1. The SMILES string of the molecule is CC1(C2CCN(C(=O)Nc3ccc(F)nc3)CC2)C(O)c2cc(Cl)cc3cnn1c23. The van der Waals surface area contributed by atoms with Gasteiger partial charge < -0.3 is 15.3 Å². The summed E-state index contributed by atoms with van der Waals surface area (Å²) in [7, 11) is 0. The molecule has 156 valence electrons. The van der Waals surface area contributed by atoms with Crippen LogP contribution in [0.1, 0.15) is 31.4 Å². The van der Waals surface area contributed by atoms with Gasteiger partial charge in [0.25, 0.3) is 0 Å². The van der Waals surface area contributed by atoms with Crippen LogP contribution in [0.25, 0.3) is 10.9 Å². The molecule has 2 aliphatic heterocycles. The van der Waals surface area contributed by atoms with Crippen LogP contribution in [0, 0.1) is 11.9 Å². The van der Waals surface area contributed by atoms with Crippen LogP contribution in [0.4, 0.5) is 14.9 Å². The molecule has 0 radical (unpaired) electrons. The number of aliphatic hydroxyl groups is 1. The number of hydrogen-bond donors (Lipinski definition) is 2. The molecule has 2 aliphatic rings. The Morgan fingerprint density at radius 3 is 2.77 bits per heavy atom. The number of amides is 2. The fraction of sp³-hybridized carbons (Fsp3) is 0.381. The molecule has 2 amide bonds. The number of benzene rings is 1. The zero-order valence-corrected chi connectivity index (χ0v) is 17.1. The number of anilines is 1. The molecular weight excluding hydrogens is 409 g/mol. The van der Waals surface area contributed by atoms with Crippen LogP contribution in [0.15, 0.2) is 36.7 Å². The minimum atomic E-state index is -0.710. The van der Waals surface area contributed by atoms with Gasteiger partial charge in [0.1, 0.15) is 6.10 Å². The number of likely N-dealkylation sites (tertiary alicyclic amines) is 1. The number of nitrogens with one attached hydrogen (secondary N) is 1. The molecule has 1 aromatic carbocycles. The second-order valence-electron chi connectivity index (χ2n) is 8.18. The Hall–Kier alpha value is -2.71. The van der Waals surface area contributed by atoms with Crippen LogP contribution in [0.2, 0.25) is 5.02 Å². The number of halogens is 2. The van der Waals surface area contributed by atoms with Crippen LogP contribution in [0.3, 0.4) is 0 Å². The normalized spacial score (nSPS) is 23.9. The molecule has 9 heteroatoms. The lowest BCUT2D eigenvalue weighted by Gasteiger charge is -2.42. The molecule has 0 bridgehead atoms. The molecule has 1 fully saturated rings. The third kappa shape index (κ3) is 2.86. The van der Waals surface area contributed by atoms with E-state index in [-0.39, 0.29) is 11.9 Å². The first kappa shape index (κ1) is 19.3. The molecule has 0 spiro atoms. The van der Waals surface area contributed by atoms with Crippen molar-refractivity contribution in [2.24, 2.45) is 5.92 Å². The van der Waals surface area contributed by atoms with Crippen LogP contribution >= 0.6 is 11.6 Å². The van der Waals surface area contributed by atoms with Gasteiger partial charge in [-0.05, 0) is 49.9 Å². The summed E-state index contributed by atoms with van der Waals surface area (Å²) in [6.07, 6.45) is 3.82. The lowest BCUT2D eigenvalue weighted by Crippen LogP contribution is -2.49. The topological polar surface area (TPSA) is 83.3 Å². The van der Waals surface area contributed by atoms with Crippen molar-refractivity contribution in [1.29, 1.82) is 0 Å². The summed E-state index contributed by atoms with van der Waals surface area (Å²) in [5.41, 5.74) is 1.59. The molecule has 0 saturated carbocycles. The zero-order valence-electron chi connectivity index (χ0n) is 16.3. The van der Waals surface area contributed by atoms with Crippen molar-refractivity contribution in [3.8, 4) is 0 Å². The van der Waals surface area contributed by atoms with E-state index in [0.717, 1.165) is 29.3 Å². The first-order valence-corrected chi connectivity index (χ1v) is 10.3. The monoisotopic (exact) mass is 429 g/mol. The number of rotatable bonds is 2. The van der Waals surface area contributed by atoms with Crippen molar-refractivity contribution in [2.45, 2.75) is 31.4 Å². The number of nitrogens with zero attached hydrogens (tertiary/aromatic N) is 4. The summed E-state index contributed by atoms with van der Waals surface area (Å²) in [5.74, 6) is -0.453. The summed E-state index contributed by atoms with van der Waals surface area (Å²) < 4.78 is 14.9. The predicted molar refractivity (Wildman–Crippen MR) is 111 cm³/mol. The van der Waals surface area contributed by atoms with Crippen molar-refractivity contribution in [3.05, 3.63) is 53.2 Å². The lowest BCUT2D eigenvalue weighted by atomic mass is 9.75. The fourth-order valence-electron chi connectivity index (χ4n) is 4.88. The van der Waals surface area contributed by atoms with E-state index in [0.29, 0.717) is 23.8 Å². The summed E-state index contributed by atoms with van der Waals surface area (Å²) >= 11 is 6.23. The van der Waals surface area contributed by atoms with Crippen molar-refractivity contribution in [3.63, 3.8) is 0 Å². The average Bonchev–Trinajstić information content (AvgIpc) is 3.26. The predicted octanol–water partition coefficient (Wildman–Crippen LogP) is 3.93. The summed E-state index contributed by atoms with van der Waals surface area (Å²) in [5, 5.41) is 20.0. The largest absolute Gasteiger partial charge is 0.386 e. The quantitative estimate of drug-likeness (QED) is 0.604. The van der Waals surface area contributed by atoms with Crippen LogP contribution in [-0.4, -0.2) is 43.9 Å². The standard InChI is InChI=1S/C21H21ClFN5O2/c1-21(19(29)16-9-14(22)8-12-10-25-28(21)18(12)16)13-4-6-27(7-5-13)20(30)26-15-2-3-17(23)24-11-15/h2-3,8-11,13,19,29H,4-7H2,1H3,(H,26,30). The number of urea groups is 1. The third-order valence-electron chi connectivity index (χ3n) is 6.55. The van der Waals surface area contributed by atoms with Gasteiger partial charge >= 0.3 is 6.03 Å². The molecule has 0 aliphatic carbocycles. The first-order chi connectivity index (χ1) is 14.4. The van der Waals surface area contributed by atoms with E-state index in [1.54, 1.807) is 11.1 Å². The zero-order chi connectivity index (χ0) is 21.0. The van der Waals surface area contributed by atoms with Gasteiger partial charge in [-0.25, -0.2) is 9.78 Å². The van der Waals surface area contributed by atoms with E-state index in [1.807, 2.05) is 23.7 Å². The van der Waals surface area contributed by atoms with E-state index in [2.05, 4.69) is 15.4 Å². The number of carbonyl (C=O) groups is 1. The highest BCUT2D eigenvalue weighted by Crippen LogP contribution is 2.51. The van der Waals surface area contributed by atoms with E-state index >= 15 is 0 Å². The molecule has 2 unspecified atom stereocenters. The number of piperidine rings is 1. The number of aromatic nitrogens is 3. The highest BCUT2D eigenvalue weighted by molar-refractivity contribution is 6.31. The Morgan fingerprint density at radius 1 is 1.30 bits per heavy atom. The third-order valence-corrected chi connectivity index (χ3v) is 6.77. The Bertz CT molecular complexity index is 1130. The minimum absolute atomic E-state index is 0.137. The molecule has 30 heavy (non-hydrogen) atoms. The van der Waals surface area contributed by atoms with Gasteiger partial charge in [0.05, 0.1) is 29.1 Å². The van der Waals surface area contributed by atoms with Gasteiger partial charge in [-0.15, -0.1) is 0 Å². The van der Waals surface area contributed by atoms with Gasteiger partial charge in [-0.2, -0.15) is 9.49 Å². The second kappa shape index (κ2) is 6.92. The molecular formula is C21H21ClFN5O2. The highest BCUT2D eigenvalue weighted by atomic mass is 35.5. The number of carbonyl (C=O) groups excluding carboxylic acids is 1. The molecule has 2 aromatic heterocycles. The summed E-state index contributed by atoms with van der Waals surface area (Å²) in [6, 6.07) is 6.12. The van der Waals surface area contributed by atoms with E-state index in [9.17, 15) is 14.3 Å². The van der Waals surface area contributed by atoms with Crippen molar-refractivity contribution < 1.29 is 14.3 Å². The smallest absolute Gasteiger partial charge is 0.321 e. The fourth-order valence-corrected chi connectivity index (χ4v) is 5.12. The maximum atomic E-state index is 12.9. The molecule has 4 heterocycles. The Balaban J connectivity index is 1.32. The first-order valence-electron chi connectivity index (χ1n) is 9.91. The Kier molecular flexibility index (Phi) is 4.44. The molecule has 7 nitrogen and oxygen atoms in total. The minimum Gasteiger partial charge on any atom is -0.386 e. The Labute approximate surface area is 177 Å². The van der Waals surface area contributed by atoms with Crippen LogP contribution < -0.4 is 5.32 Å². The van der Waals surface area contributed by atoms with Gasteiger partial charge in [-0.3, -0.25) is 4.68 Å². The van der Waals surface area contributed by atoms with E-state index < -0.39 is 17.6 Å². The van der Waals surface area contributed by atoms with Gasteiger partial charge in [0, 0.05) is 29.1 Å². The number of pyridine rings is 1. The van der Waals surface area contributed by atoms with Crippen molar-refractivity contribution in [2.75, 3.05) is 18.4 Å². The molecule has 2 N–H and O–H groups in total. The van der Waals surface area contributed by atoms with Crippen LogP contribution in [0.5, 0.6) is 0 Å². The lowest BCUT2D eigenvalue weighted by molar-refractivity contribution is -0.0111. The van der Waals surface area contributed by atoms with E-state index in [4.69, 9.17) is 11.6 Å². The Morgan fingerprint density at radius 2 is 2.07 bits per heavy atom. The van der Waals surface area contributed by atoms with Crippen molar-refractivity contribution >= 4 is 34.2 Å². The van der Waals surface area contributed by atoms with Gasteiger partial charge in [-0.1, -0.05) is 11.6 Å². The van der Waals surface area contributed by atoms with Crippen molar-refractivity contribution in [1.82, 2.24) is 19.7 Å². The summed E-state index contributed by atoms with van der Waals surface area (Å²) in [4.78, 5) is 17.8. The van der Waals surface area contributed by atoms with Crippen LogP contribution in [-0.2, 0) is 5.54 Å². The molecule has 3 aromatic rings. The van der Waals surface area contributed by atoms with Gasteiger partial charge in [0.15, 0.2) is 0 Å². The maximum Gasteiger partial charge on any atom is 0.321 e. The van der Waals surface area contributed by atoms with E-state index in [1.165, 1.54) is 18.3 Å². The summed E-state index contributed by atoms with van der Waals surface area (Å²) in [6.45, 7) is 3.13. The number of hydrogen-bond acceptors (Lipinski definition) is 4. The molecule has 2 atom stereocenters.